The van der Waals surface area contributed by atoms with Crippen LogP contribution in [-0.4, -0.2) is 28.5 Å². The number of amides is 1. The van der Waals surface area contributed by atoms with Crippen molar-refractivity contribution in [3.05, 3.63) is 47.4 Å². The molecule has 3 aliphatic rings. The van der Waals surface area contributed by atoms with Crippen LogP contribution >= 0.6 is 0 Å². The van der Waals surface area contributed by atoms with E-state index in [1.54, 1.807) is 13.0 Å². The molecular formula is C22H29NO4. The lowest BCUT2D eigenvalue weighted by Gasteiger charge is -2.49. The van der Waals surface area contributed by atoms with E-state index in [1.807, 2.05) is 26.0 Å². The molecule has 0 aromatic heterocycles. The summed E-state index contributed by atoms with van der Waals surface area (Å²) >= 11 is 0. The molecule has 27 heavy (non-hydrogen) atoms. The van der Waals surface area contributed by atoms with Gasteiger partial charge in [0.1, 0.15) is 5.57 Å². The summed E-state index contributed by atoms with van der Waals surface area (Å²) in [4.78, 5) is 26.1. The summed E-state index contributed by atoms with van der Waals surface area (Å²) in [5.74, 6) is -0.680. The van der Waals surface area contributed by atoms with E-state index in [0.717, 1.165) is 19.3 Å². The minimum atomic E-state index is -0.809. The Morgan fingerprint density at radius 2 is 2.07 bits per heavy atom. The molecule has 1 saturated carbocycles. The van der Waals surface area contributed by atoms with Crippen molar-refractivity contribution in [1.82, 2.24) is 5.32 Å². The number of hydrogen-bond donors (Lipinski definition) is 3. The molecule has 0 bridgehead atoms. The standard InChI is InChI=1S/C22H29NO4/c1-4-6-15-9-8-14-11-13(12-24)7-10-16(14)22(15,3)20(26)18-19(25)17(5-2)23-21(18)27/h4-6,8-9,13-16,24-25H,7,10-12H2,1-3H3,(H,23,27)/b6-4+,17-5-/t13-,14-,15-,16-,22-/m1/s1. The Morgan fingerprint density at radius 1 is 1.33 bits per heavy atom. The highest BCUT2D eigenvalue weighted by Gasteiger charge is 2.54. The Balaban J connectivity index is 2.06. The number of aliphatic hydroxyl groups excluding tert-OH is 2. The van der Waals surface area contributed by atoms with Gasteiger partial charge in [-0.3, -0.25) is 9.59 Å². The quantitative estimate of drug-likeness (QED) is 0.523. The highest BCUT2D eigenvalue weighted by atomic mass is 16.3. The van der Waals surface area contributed by atoms with Gasteiger partial charge in [0.15, 0.2) is 11.5 Å². The zero-order valence-electron chi connectivity index (χ0n) is 16.2. The van der Waals surface area contributed by atoms with Crippen LogP contribution in [-0.2, 0) is 9.59 Å². The maximum Gasteiger partial charge on any atom is 0.263 e. The van der Waals surface area contributed by atoms with E-state index in [9.17, 15) is 19.8 Å². The first-order chi connectivity index (χ1) is 12.9. The summed E-state index contributed by atoms with van der Waals surface area (Å²) in [5.41, 5.74) is -0.643. The number of rotatable bonds is 4. The predicted octanol–water partition coefficient (Wildman–Crippen LogP) is 3.19. The van der Waals surface area contributed by atoms with Gasteiger partial charge >= 0.3 is 0 Å². The van der Waals surface area contributed by atoms with Gasteiger partial charge in [-0.25, -0.2) is 0 Å². The number of aliphatic hydroxyl groups is 2. The molecule has 0 spiro atoms. The molecule has 0 aromatic rings. The van der Waals surface area contributed by atoms with E-state index < -0.39 is 11.3 Å². The number of Topliss-reactive ketones (excluding diaryl/α,β-unsaturated/α-hetero) is 1. The van der Waals surface area contributed by atoms with Gasteiger partial charge in [-0.15, -0.1) is 0 Å². The number of fused-ring (bicyclic) bond motifs is 1. The Bertz CT molecular complexity index is 760. The normalized spacial score (nSPS) is 37.8. The number of carbonyl (C=O) groups is 2. The average Bonchev–Trinajstić information content (AvgIpc) is 2.96. The van der Waals surface area contributed by atoms with Crippen molar-refractivity contribution in [2.24, 2.45) is 29.1 Å². The van der Waals surface area contributed by atoms with Crippen LogP contribution in [0.25, 0.3) is 0 Å². The first kappa shape index (κ1) is 19.6. The Hall–Kier alpha value is -2.14. The monoisotopic (exact) mass is 371 g/mol. The molecule has 5 nitrogen and oxygen atoms in total. The molecule has 0 aromatic carbocycles. The summed E-state index contributed by atoms with van der Waals surface area (Å²) in [6.07, 6.45) is 12.3. The summed E-state index contributed by atoms with van der Waals surface area (Å²) in [5, 5.41) is 22.6. The molecule has 146 valence electrons. The van der Waals surface area contributed by atoms with Crippen LogP contribution in [0.1, 0.15) is 40.0 Å². The number of ketones is 1. The number of nitrogens with one attached hydrogen (secondary N) is 1. The Morgan fingerprint density at radius 3 is 2.67 bits per heavy atom. The van der Waals surface area contributed by atoms with Gasteiger partial charge in [0.05, 0.1) is 5.70 Å². The Kier molecular flexibility index (Phi) is 5.43. The van der Waals surface area contributed by atoms with Crippen LogP contribution in [0.5, 0.6) is 0 Å². The van der Waals surface area contributed by atoms with E-state index >= 15 is 0 Å². The molecule has 0 saturated heterocycles. The number of carbonyl (C=O) groups excluding carboxylic acids is 2. The maximum absolute atomic E-state index is 13.7. The summed E-state index contributed by atoms with van der Waals surface area (Å²) < 4.78 is 0. The topological polar surface area (TPSA) is 86.6 Å². The molecule has 0 radical (unpaired) electrons. The van der Waals surface area contributed by atoms with Gasteiger partial charge in [-0.1, -0.05) is 37.3 Å². The molecule has 3 N–H and O–H groups in total. The van der Waals surface area contributed by atoms with E-state index in [1.165, 1.54) is 0 Å². The van der Waals surface area contributed by atoms with Crippen molar-refractivity contribution in [2.45, 2.75) is 40.0 Å². The molecule has 2 aliphatic carbocycles. The van der Waals surface area contributed by atoms with Crippen LogP contribution in [0.2, 0.25) is 0 Å². The summed E-state index contributed by atoms with van der Waals surface area (Å²) in [6.45, 7) is 5.73. The van der Waals surface area contributed by atoms with Crippen molar-refractivity contribution in [1.29, 1.82) is 0 Å². The number of allylic oxidation sites excluding steroid dienone is 5. The molecule has 0 unspecified atom stereocenters. The molecular weight excluding hydrogens is 342 g/mol. The van der Waals surface area contributed by atoms with Crippen LogP contribution in [0.4, 0.5) is 0 Å². The van der Waals surface area contributed by atoms with Crippen molar-refractivity contribution in [2.75, 3.05) is 6.61 Å². The third-order valence-corrected chi connectivity index (χ3v) is 6.67. The molecule has 5 atom stereocenters. The molecule has 1 aliphatic heterocycles. The zero-order valence-corrected chi connectivity index (χ0v) is 16.2. The molecule has 5 heteroatoms. The first-order valence-electron chi connectivity index (χ1n) is 9.76. The van der Waals surface area contributed by atoms with Crippen LogP contribution in [0, 0.1) is 29.1 Å². The van der Waals surface area contributed by atoms with Crippen molar-refractivity contribution < 1.29 is 19.8 Å². The fraction of sp³-hybridized carbons (Fsp3) is 0.545. The minimum Gasteiger partial charge on any atom is -0.505 e. The van der Waals surface area contributed by atoms with E-state index in [2.05, 4.69) is 17.5 Å². The van der Waals surface area contributed by atoms with Gasteiger partial charge in [-0.05, 0) is 50.9 Å². The maximum atomic E-state index is 13.7. The second-order valence-electron chi connectivity index (χ2n) is 8.06. The van der Waals surface area contributed by atoms with Crippen LogP contribution in [0.3, 0.4) is 0 Å². The molecule has 3 rings (SSSR count). The van der Waals surface area contributed by atoms with Crippen molar-refractivity contribution >= 4 is 11.7 Å². The smallest absolute Gasteiger partial charge is 0.263 e. The number of hydrogen-bond acceptors (Lipinski definition) is 4. The summed E-state index contributed by atoms with van der Waals surface area (Å²) in [6, 6.07) is 0. The van der Waals surface area contributed by atoms with Gasteiger partial charge in [0.25, 0.3) is 5.91 Å². The minimum absolute atomic E-state index is 0.0711. The lowest BCUT2D eigenvalue weighted by Crippen LogP contribution is -2.50. The van der Waals surface area contributed by atoms with Gasteiger partial charge in [0.2, 0.25) is 0 Å². The predicted molar refractivity (Wildman–Crippen MR) is 104 cm³/mol. The van der Waals surface area contributed by atoms with Gasteiger partial charge < -0.3 is 15.5 Å². The fourth-order valence-electron chi connectivity index (χ4n) is 5.10. The van der Waals surface area contributed by atoms with Crippen molar-refractivity contribution in [3.8, 4) is 0 Å². The lowest BCUT2D eigenvalue weighted by atomic mass is 9.53. The summed E-state index contributed by atoms with van der Waals surface area (Å²) in [7, 11) is 0. The van der Waals surface area contributed by atoms with Gasteiger partial charge in [0, 0.05) is 17.9 Å². The van der Waals surface area contributed by atoms with E-state index in [0.29, 0.717) is 5.70 Å². The van der Waals surface area contributed by atoms with Gasteiger partial charge in [-0.2, -0.15) is 0 Å². The second kappa shape index (κ2) is 7.47. The molecule has 1 amide bonds. The third-order valence-electron chi connectivity index (χ3n) is 6.67. The average molecular weight is 371 g/mol. The third kappa shape index (κ3) is 3.08. The van der Waals surface area contributed by atoms with E-state index in [-0.39, 0.29) is 47.4 Å². The lowest BCUT2D eigenvalue weighted by molar-refractivity contribution is -0.134. The Labute approximate surface area is 160 Å². The van der Waals surface area contributed by atoms with Crippen LogP contribution in [0.15, 0.2) is 47.4 Å². The highest BCUT2D eigenvalue weighted by Crippen LogP contribution is 2.54. The van der Waals surface area contributed by atoms with E-state index in [4.69, 9.17) is 0 Å². The second-order valence-corrected chi connectivity index (χ2v) is 8.06. The molecule has 1 fully saturated rings. The molecule has 1 heterocycles. The highest BCUT2D eigenvalue weighted by molar-refractivity contribution is 6.24. The first-order valence-corrected chi connectivity index (χ1v) is 9.76. The fourth-order valence-corrected chi connectivity index (χ4v) is 5.10. The zero-order chi connectivity index (χ0) is 19.8. The SMILES string of the molecule is C/C=C1\NC(=O)C(C(=O)[C@@]2(C)[C@@H]3CC[C@@H](CO)C[C@H]3C=C[C@H]2/C=C/C)=C1O. The largest absolute Gasteiger partial charge is 0.505 e. The van der Waals surface area contributed by atoms with Crippen LogP contribution < -0.4 is 5.32 Å². The van der Waals surface area contributed by atoms with Crippen molar-refractivity contribution in [3.63, 3.8) is 0 Å².